The third kappa shape index (κ3) is 5.47. The first kappa shape index (κ1) is 19.3. The Kier molecular flexibility index (Phi) is 6.84. The van der Waals surface area contributed by atoms with E-state index >= 15 is 0 Å². The molecular formula is C19H24O5S. The lowest BCUT2D eigenvalue weighted by Crippen LogP contribution is -2.02. The summed E-state index contributed by atoms with van der Waals surface area (Å²) in [5.41, 5.74) is 0.962. The SMILES string of the molecule is CCCCCCCc1ccccc1Oc1cccc(O)c1S(=O)(=O)O. The molecular weight excluding hydrogens is 340 g/mol. The van der Waals surface area contributed by atoms with E-state index < -0.39 is 20.8 Å². The Balaban J connectivity index is 2.20. The molecule has 0 aliphatic rings. The van der Waals surface area contributed by atoms with E-state index in [-0.39, 0.29) is 5.75 Å². The number of aromatic hydroxyl groups is 1. The van der Waals surface area contributed by atoms with Crippen molar-refractivity contribution in [2.75, 3.05) is 0 Å². The van der Waals surface area contributed by atoms with Crippen LogP contribution in [0.3, 0.4) is 0 Å². The number of hydrogen-bond acceptors (Lipinski definition) is 4. The van der Waals surface area contributed by atoms with Crippen molar-refractivity contribution < 1.29 is 22.8 Å². The first-order valence-corrected chi connectivity index (χ1v) is 9.92. The predicted octanol–water partition coefficient (Wildman–Crippen LogP) is 4.94. The largest absolute Gasteiger partial charge is 0.506 e. The Morgan fingerprint density at radius 3 is 2.32 bits per heavy atom. The first-order chi connectivity index (χ1) is 11.9. The average molecular weight is 364 g/mol. The highest BCUT2D eigenvalue weighted by atomic mass is 32.2. The van der Waals surface area contributed by atoms with Gasteiger partial charge in [-0.2, -0.15) is 8.42 Å². The van der Waals surface area contributed by atoms with Gasteiger partial charge in [-0.05, 0) is 36.6 Å². The summed E-state index contributed by atoms with van der Waals surface area (Å²) in [5.74, 6) is -0.119. The molecule has 0 fully saturated rings. The minimum absolute atomic E-state index is 0.0964. The van der Waals surface area contributed by atoms with Crippen molar-refractivity contribution >= 4 is 10.1 Å². The van der Waals surface area contributed by atoms with Crippen LogP contribution in [0.4, 0.5) is 0 Å². The molecule has 0 radical (unpaired) electrons. The standard InChI is InChI=1S/C19H24O5S/c1-2-3-4-5-6-10-15-11-7-8-13-17(15)24-18-14-9-12-16(20)19(18)25(21,22)23/h7-9,11-14,20H,2-6,10H2,1H3,(H,21,22,23). The lowest BCUT2D eigenvalue weighted by Gasteiger charge is -2.14. The van der Waals surface area contributed by atoms with Crippen molar-refractivity contribution in [2.24, 2.45) is 0 Å². The van der Waals surface area contributed by atoms with Crippen molar-refractivity contribution in [3.05, 3.63) is 48.0 Å². The van der Waals surface area contributed by atoms with Gasteiger partial charge >= 0.3 is 10.1 Å². The summed E-state index contributed by atoms with van der Waals surface area (Å²) in [6, 6.07) is 11.4. The number of phenols is 1. The highest BCUT2D eigenvalue weighted by Crippen LogP contribution is 2.36. The van der Waals surface area contributed by atoms with Crippen LogP contribution in [-0.4, -0.2) is 18.1 Å². The van der Waals surface area contributed by atoms with Gasteiger partial charge in [0.1, 0.15) is 11.5 Å². The van der Waals surface area contributed by atoms with E-state index in [2.05, 4.69) is 6.92 Å². The van der Waals surface area contributed by atoms with Crippen LogP contribution in [0.5, 0.6) is 17.2 Å². The second kappa shape index (κ2) is 8.87. The normalized spacial score (nSPS) is 11.4. The van der Waals surface area contributed by atoms with E-state index in [9.17, 15) is 18.1 Å². The molecule has 6 heteroatoms. The minimum Gasteiger partial charge on any atom is -0.506 e. The molecule has 0 unspecified atom stereocenters. The number of ether oxygens (including phenoxy) is 1. The zero-order chi connectivity index (χ0) is 18.3. The van der Waals surface area contributed by atoms with Crippen molar-refractivity contribution in [1.29, 1.82) is 0 Å². The Labute approximate surface area is 149 Å². The zero-order valence-electron chi connectivity index (χ0n) is 14.3. The molecule has 0 bridgehead atoms. The second-order valence-corrected chi connectivity index (χ2v) is 7.31. The topological polar surface area (TPSA) is 83.8 Å². The molecule has 0 aliphatic heterocycles. The van der Waals surface area contributed by atoms with Crippen molar-refractivity contribution in [2.45, 2.75) is 50.3 Å². The van der Waals surface area contributed by atoms with Gasteiger partial charge in [0, 0.05) is 0 Å². The summed E-state index contributed by atoms with van der Waals surface area (Å²) in [6.07, 6.45) is 6.57. The quantitative estimate of drug-likeness (QED) is 0.486. The summed E-state index contributed by atoms with van der Waals surface area (Å²) >= 11 is 0. The molecule has 0 amide bonds. The Bertz CT molecular complexity index is 799. The average Bonchev–Trinajstić information content (AvgIpc) is 2.55. The smallest absolute Gasteiger partial charge is 0.301 e. The summed E-state index contributed by atoms with van der Waals surface area (Å²) in [7, 11) is -4.60. The maximum atomic E-state index is 11.5. The van der Waals surface area contributed by atoms with Crippen LogP contribution in [0, 0.1) is 0 Å². The van der Waals surface area contributed by atoms with Gasteiger partial charge in [-0.3, -0.25) is 4.55 Å². The summed E-state index contributed by atoms with van der Waals surface area (Å²) < 4.78 is 38.2. The molecule has 0 saturated carbocycles. The molecule has 136 valence electrons. The highest BCUT2D eigenvalue weighted by Gasteiger charge is 2.22. The second-order valence-electron chi connectivity index (χ2n) is 5.95. The molecule has 0 aromatic heterocycles. The van der Waals surface area contributed by atoms with E-state index in [1.807, 2.05) is 12.1 Å². The molecule has 0 spiro atoms. The fourth-order valence-electron chi connectivity index (χ4n) is 2.69. The van der Waals surface area contributed by atoms with Gasteiger partial charge in [-0.25, -0.2) is 0 Å². The van der Waals surface area contributed by atoms with E-state index in [1.165, 1.54) is 37.5 Å². The Hall–Kier alpha value is -2.05. The third-order valence-corrected chi connectivity index (χ3v) is 4.88. The molecule has 5 nitrogen and oxygen atoms in total. The summed E-state index contributed by atoms with van der Waals surface area (Å²) in [4.78, 5) is -0.618. The predicted molar refractivity (Wildman–Crippen MR) is 96.9 cm³/mol. The molecule has 2 rings (SSSR count). The van der Waals surface area contributed by atoms with Crippen LogP contribution in [0.2, 0.25) is 0 Å². The highest BCUT2D eigenvalue weighted by molar-refractivity contribution is 7.86. The van der Waals surface area contributed by atoms with Gasteiger partial charge in [-0.15, -0.1) is 0 Å². The number of unbranched alkanes of at least 4 members (excludes halogenated alkanes) is 4. The Morgan fingerprint density at radius 1 is 0.920 bits per heavy atom. The van der Waals surface area contributed by atoms with Gasteiger partial charge in [0.05, 0.1) is 0 Å². The van der Waals surface area contributed by atoms with Gasteiger partial charge in [0.2, 0.25) is 0 Å². The number of benzene rings is 2. The van der Waals surface area contributed by atoms with Gasteiger partial charge < -0.3 is 9.84 Å². The maximum Gasteiger partial charge on any atom is 0.301 e. The fourth-order valence-corrected chi connectivity index (χ4v) is 3.39. The minimum atomic E-state index is -4.60. The molecule has 2 aromatic carbocycles. The monoisotopic (exact) mass is 364 g/mol. The first-order valence-electron chi connectivity index (χ1n) is 8.48. The molecule has 0 aliphatic carbocycles. The van der Waals surface area contributed by atoms with Crippen molar-refractivity contribution in [1.82, 2.24) is 0 Å². The lowest BCUT2D eigenvalue weighted by atomic mass is 10.0. The molecule has 0 heterocycles. The molecule has 2 aromatic rings. The number of aryl methyl sites for hydroxylation is 1. The number of rotatable bonds is 9. The van der Waals surface area contributed by atoms with Gasteiger partial charge in [0.15, 0.2) is 10.6 Å². The van der Waals surface area contributed by atoms with E-state index in [0.717, 1.165) is 24.8 Å². The summed E-state index contributed by atoms with van der Waals surface area (Å²) in [6.45, 7) is 2.17. The van der Waals surface area contributed by atoms with Crippen molar-refractivity contribution in [3.8, 4) is 17.2 Å². The lowest BCUT2D eigenvalue weighted by molar-refractivity contribution is 0.413. The summed E-state index contributed by atoms with van der Waals surface area (Å²) in [5, 5.41) is 9.78. The zero-order valence-corrected chi connectivity index (χ0v) is 15.1. The van der Waals surface area contributed by atoms with Crippen LogP contribution >= 0.6 is 0 Å². The number of hydrogen-bond donors (Lipinski definition) is 2. The number of phenolic OH excluding ortho intramolecular Hbond substituents is 1. The maximum absolute atomic E-state index is 11.5. The molecule has 2 N–H and O–H groups in total. The van der Waals surface area contributed by atoms with Crippen LogP contribution in [-0.2, 0) is 16.5 Å². The van der Waals surface area contributed by atoms with Gasteiger partial charge in [0.25, 0.3) is 0 Å². The fraction of sp³-hybridized carbons (Fsp3) is 0.368. The van der Waals surface area contributed by atoms with E-state index in [1.54, 1.807) is 12.1 Å². The van der Waals surface area contributed by atoms with Crippen LogP contribution < -0.4 is 4.74 Å². The molecule has 0 saturated heterocycles. The van der Waals surface area contributed by atoms with Crippen LogP contribution in [0.25, 0.3) is 0 Å². The van der Waals surface area contributed by atoms with Gasteiger partial charge in [-0.1, -0.05) is 56.9 Å². The van der Waals surface area contributed by atoms with E-state index in [0.29, 0.717) is 5.75 Å². The molecule has 0 atom stereocenters. The van der Waals surface area contributed by atoms with Crippen LogP contribution in [0.15, 0.2) is 47.4 Å². The van der Waals surface area contributed by atoms with Crippen LogP contribution in [0.1, 0.15) is 44.6 Å². The Morgan fingerprint density at radius 2 is 1.60 bits per heavy atom. The number of para-hydroxylation sites is 1. The van der Waals surface area contributed by atoms with E-state index in [4.69, 9.17) is 4.74 Å². The molecule has 25 heavy (non-hydrogen) atoms. The van der Waals surface area contributed by atoms with Crippen molar-refractivity contribution in [3.63, 3.8) is 0 Å². The third-order valence-electron chi connectivity index (χ3n) is 3.96.